The summed E-state index contributed by atoms with van der Waals surface area (Å²) in [6.07, 6.45) is -6.75. The monoisotopic (exact) mass is 485 g/mol. The summed E-state index contributed by atoms with van der Waals surface area (Å²) in [6, 6.07) is 12.4. The minimum absolute atomic E-state index is 0.217. The Hall–Kier alpha value is -3.80. The van der Waals surface area contributed by atoms with E-state index in [9.17, 15) is 30.0 Å². The van der Waals surface area contributed by atoms with E-state index in [1.807, 2.05) is 24.3 Å². The first-order valence-corrected chi connectivity index (χ1v) is 11.5. The van der Waals surface area contributed by atoms with Crippen LogP contribution in [-0.4, -0.2) is 66.4 Å². The van der Waals surface area contributed by atoms with E-state index in [4.69, 9.17) is 14.7 Å². The second-order valence-corrected chi connectivity index (χ2v) is 9.21. The molecule has 0 bridgehead atoms. The maximum absolute atomic E-state index is 13.0. The van der Waals surface area contributed by atoms with Crippen LogP contribution in [0.2, 0.25) is 0 Å². The number of aromatic nitrogens is 3. The minimum Gasteiger partial charge on any atom is -0.394 e. The normalized spacial score (nSPS) is 25.2. The predicted molar refractivity (Wildman–Crippen MR) is 132 cm³/mol. The number of para-hydroxylation sites is 2. The van der Waals surface area contributed by atoms with Crippen LogP contribution in [-0.2, 0) is 4.74 Å². The molecule has 0 aliphatic carbocycles. The average Bonchev–Trinajstić information content (AvgIpc) is 3.53. The Labute approximate surface area is 200 Å². The molecule has 3 aromatic heterocycles. The highest BCUT2D eigenvalue weighted by molar-refractivity contribution is 6.35. The molecule has 36 heavy (non-hydrogen) atoms. The van der Waals surface area contributed by atoms with Gasteiger partial charge in [-0.15, -0.1) is 0 Å². The number of rotatable bonds is 2. The van der Waals surface area contributed by atoms with Crippen LogP contribution in [0.15, 0.2) is 52.1 Å². The van der Waals surface area contributed by atoms with Crippen LogP contribution in [0, 0.1) is 0 Å². The van der Waals surface area contributed by atoms with Crippen molar-refractivity contribution in [2.24, 2.45) is 0 Å². The number of hydrogen-bond donors (Lipinski definition) is 5. The Morgan fingerprint density at radius 3 is 2.17 bits per heavy atom. The maximum atomic E-state index is 13.0. The van der Waals surface area contributed by atoms with Gasteiger partial charge in [0.2, 0.25) is 0 Å². The SMILES string of the molecule is O=c1[nH]c(=O)c2c1c1c3ccccc3nc1c1nc3c(C4O[C@H](CO)[C@@H](O)[C@H](O)[C@H]4O)cccc3c12. The summed E-state index contributed by atoms with van der Waals surface area (Å²) in [5.41, 5.74) is 1.34. The summed E-state index contributed by atoms with van der Waals surface area (Å²) in [7, 11) is 0. The van der Waals surface area contributed by atoms with Crippen molar-refractivity contribution in [2.75, 3.05) is 6.61 Å². The number of aromatic amines is 1. The zero-order chi connectivity index (χ0) is 24.9. The fourth-order valence-corrected chi connectivity index (χ4v) is 5.64. The molecule has 10 nitrogen and oxygen atoms in total. The molecular weight excluding hydrogens is 466 g/mol. The van der Waals surface area contributed by atoms with Crippen molar-refractivity contribution in [1.82, 2.24) is 15.0 Å². The number of H-pyrrole nitrogens is 1. The fraction of sp³-hybridized carbons (Fsp3) is 0.231. The van der Waals surface area contributed by atoms with Gasteiger partial charge in [0.15, 0.2) is 0 Å². The molecule has 0 saturated carbocycles. The molecule has 0 amide bonds. The summed E-state index contributed by atoms with van der Waals surface area (Å²) in [4.78, 5) is 37.9. The lowest BCUT2D eigenvalue weighted by atomic mass is 9.90. The van der Waals surface area contributed by atoms with Gasteiger partial charge < -0.3 is 25.2 Å². The maximum Gasteiger partial charge on any atom is 0.259 e. The third-order valence-corrected chi connectivity index (χ3v) is 7.29. The third kappa shape index (κ3) is 2.62. The molecule has 0 radical (unpaired) electrons. The van der Waals surface area contributed by atoms with Gasteiger partial charge >= 0.3 is 0 Å². The average molecular weight is 485 g/mol. The molecule has 0 spiro atoms. The Morgan fingerprint density at radius 1 is 0.750 bits per heavy atom. The summed E-state index contributed by atoms with van der Waals surface area (Å²) in [6.45, 7) is -0.561. The Morgan fingerprint density at radius 2 is 1.42 bits per heavy atom. The molecule has 180 valence electrons. The van der Waals surface area contributed by atoms with Crippen LogP contribution >= 0.6 is 0 Å². The summed E-state index contributed by atoms with van der Waals surface area (Å²) >= 11 is 0. The van der Waals surface area contributed by atoms with Gasteiger partial charge in [-0.25, -0.2) is 9.97 Å². The van der Waals surface area contributed by atoms with Gasteiger partial charge in [-0.2, -0.15) is 0 Å². The van der Waals surface area contributed by atoms with Gasteiger partial charge in [0.25, 0.3) is 11.1 Å². The van der Waals surface area contributed by atoms with Gasteiger partial charge in [-0.05, 0) is 6.07 Å². The van der Waals surface area contributed by atoms with E-state index in [1.54, 1.807) is 18.2 Å². The lowest BCUT2D eigenvalue weighted by Gasteiger charge is -2.40. The molecule has 5 N–H and O–H groups in total. The number of ether oxygens (including phenoxy) is 1. The lowest BCUT2D eigenvalue weighted by Crippen LogP contribution is -2.55. The first kappa shape index (κ1) is 21.5. The number of fused-ring (bicyclic) bond motifs is 10. The van der Waals surface area contributed by atoms with Crippen LogP contribution in [0.25, 0.3) is 54.4 Å². The molecule has 1 aliphatic rings. The van der Waals surface area contributed by atoms with Crippen molar-refractivity contribution in [3.8, 4) is 0 Å². The van der Waals surface area contributed by atoms with Gasteiger partial charge in [0, 0.05) is 27.1 Å². The largest absolute Gasteiger partial charge is 0.394 e. The van der Waals surface area contributed by atoms with E-state index < -0.39 is 48.2 Å². The number of nitrogens with zero attached hydrogens (tertiary/aromatic N) is 2. The zero-order valence-corrected chi connectivity index (χ0v) is 18.5. The van der Waals surface area contributed by atoms with Crippen molar-refractivity contribution in [3.05, 3.63) is 68.7 Å². The third-order valence-electron chi connectivity index (χ3n) is 7.29. The Kier molecular flexibility index (Phi) is 4.39. The van der Waals surface area contributed by atoms with Crippen molar-refractivity contribution < 1.29 is 25.2 Å². The van der Waals surface area contributed by atoms with Crippen molar-refractivity contribution in [2.45, 2.75) is 30.5 Å². The van der Waals surface area contributed by atoms with E-state index in [-0.39, 0.29) is 10.8 Å². The van der Waals surface area contributed by atoms with Crippen molar-refractivity contribution in [3.63, 3.8) is 0 Å². The number of hydrogen-bond acceptors (Lipinski definition) is 9. The first-order chi connectivity index (χ1) is 17.4. The van der Waals surface area contributed by atoms with Crippen LogP contribution in [0.1, 0.15) is 11.7 Å². The van der Waals surface area contributed by atoms with E-state index in [1.165, 1.54) is 0 Å². The van der Waals surface area contributed by atoms with E-state index in [0.29, 0.717) is 43.8 Å². The summed E-state index contributed by atoms with van der Waals surface area (Å²) in [5.74, 6) is 0. The first-order valence-electron chi connectivity index (χ1n) is 11.5. The lowest BCUT2D eigenvalue weighted by molar-refractivity contribution is -0.231. The molecule has 6 aromatic rings. The predicted octanol–water partition coefficient (Wildman–Crippen LogP) is 0.682. The van der Waals surface area contributed by atoms with Gasteiger partial charge in [-0.3, -0.25) is 14.6 Å². The quantitative estimate of drug-likeness (QED) is 0.237. The number of nitrogens with one attached hydrogen (secondary N) is 1. The van der Waals surface area contributed by atoms with Gasteiger partial charge in [0.05, 0.1) is 39.4 Å². The molecule has 3 aromatic carbocycles. The molecule has 4 heterocycles. The standard InChI is InChI=1S/C26H19N3O7/c30-8-13-21(31)22(32)23(33)24(36-13)11-6-3-5-10-15-17-16(25(34)29-26(17)35)14-9-4-1-2-7-12(9)27-19(14)20(15)28-18(10)11/h1-7,13,21-24,30-33H,8H2,(H,29,34,35)/t13-,21-,22+,23-,24?/m1/s1. The minimum atomic E-state index is -1.55. The van der Waals surface area contributed by atoms with Gasteiger partial charge in [0.1, 0.15) is 30.5 Å². The number of aliphatic hydroxyl groups is 4. The molecule has 1 aliphatic heterocycles. The molecule has 1 saturated heterocycles. The Bertz CT molecular complexity index is 1940. The summed E-state index contributed by atoms with van der Waals surface area (Å²) < 4.78 is 5.79. The van der Waals surface area contributed by atoms with E-state index in [2.05, 4.69) is 4.98 Å². The van der Waals surface area contributed by atoms with E-state index in [0.717, 1.165) is 5.39 Å². The number of benzene rings is 3. The topological polar surface area (TPSA) is 166 Å². The van der Waals surface area contributed by atoms with E-state index >= 15 is 0 Å². The second-order valence-electron chi connectivity index (χ2n) is 9.21. The van der Waals surface area contributed by atoms with Crippen LogP contribution in [0.3, 0.4) is 0 Å². The number of aliphatic hydroxyl groups excluding tert-OH is 4. The molecule has 5 atom stereocenters. The second kappa shape index (κ2) is 7.36. The van der Waals surface area contributed by atoms with Crippen molar-refractivity contribution >= 4 is 54.4 Å². The smallest absolute Gasteiger partial charge is 0.259 e. The van der Waals surface area contributed by atoms with Crippen molar-refractivity contribution in [1.29, 1.82) is 0 Å². The highest BCUT2D eigenvalue weighted by Gasteiger charge is 2.44. The zero-order valence-electron chi connectivity index (χ0n) is 18.5. The molecule has 7 rings (SSSR count). The fourth-order valence-electron chi connectivity index (χ4n) is 5.64. The van der Waals surface area contributed by atoms with Gasteiger partial charge in [-0.1, -0.05) is 36.4 Å². The highest BCUT2D eigenvalue weighted by Crippen LogP contribution is 2.42. The van der Waals surface area contributed by atoms with Crippen LogP contribution in [0.4, 0.5) is 0 Å². The molecule has 1 fully saturated rings. The van der Waals surface area contributed by atoms with Crippen LogP contribution in [0.5, 0.6) is 0 Å². The highest BCUT2D eigenvalue weighted by atomic mass is 16.5. The van der Waals surface area contributed by atoms with Crippen LogP contribution < -0.4 is 11.1 Å². The molecule has 1 unspecified atom stereocenters. The molecular formula is C26H19N3O7. The summed E-state index contributed by atoms with van der Waals surface area (Å²) in [5, 5.41) is 43.7. The molecule has 10 heteroatoms. The Balaban J connectivity index is 1.62.